The van der Waals surface area contributed by atoms with Crippen molar-refractivity contribution in [3.8, 4) is 22.5 Å². The molecule has 0 aliphatic carbocycles. The van der Waals surface area contributed by atoms with E-state index in [4.69, 9.17) is 20.1 Å². The van der Waals surface area contributed by atoms with Crippen molar-refractivity contribution >= 4 is 34.4 Å². The van der Waals surface area contributed by atoms with Crippen LogP contribution in [0, 0.1) is 3.70 Å². The number of esters is 1. The lowest BCUT2D eigenvalue weighted by Crippen LogP contribution is -2.39. The van der Waals surface area contributed by atoms with Gasteiger partial charge in [0.25, 0.3) is 0 Å². The number of nitrogens with zero attached hydrogens (tertiary/aromatic N) is 6. The van der Waals surface area contributed by atoms with Crippen LogP contribution in [0.1, 0.15) is 57.9 Å². The van der Waals surface area contributed by atoms with Gasteiger partial charge in [0.15, 0.2) is 11.6 Å². The molecule has 0 bridgehead atoms. The number of rotatable bonds is 17. The average molecular weight is 904 g/mol. The van der Waals surface area contributed by atoms with Gasteiger partial charge in [0, 0.05) is 18.7 Å². The van der Waals surface area contributed by atoms with Crippen LogP contribution in [0.3, 0.4) is 0 Å². The molecule has 0 aliphatic rings. The molecule has 2 aromatic heterocycles. The summed E-state index contributed by atoms with van der Waals surface area (Å²) in [5.74, 6) is 0.894. The second kappa shape index (κ2) is 19.1. The van der Waals surface area contributed by atoms with Crippen LogP contribution < -0.4 is 5.32 Å². The first-order valence-corrected chi connectivity index (χ1v) is 21.5. The third-order valence-corrected chi connectivity index (χ3v) is 11.9. The quantitative estimate of drug-likeness (QED) is 0.0420. The van der Waals surface area contributed by atoms with Gasteiger partial charge in [-0.05, 0) is 105 Å². The fourth-order valence-electron chi connectivity index (χ4n) is 7.90. The van der Waals surface area contributed by atoms with Crippen LogP contribution in [0.4, 0.5) is 5.82 Å². The van der Waals surface area contributed by atoms with Crippen LogP contribution in [0.2, 0.25) is 0 Å². The zero-order chi connectivity index (χ0) is 41.2. The Morgan fingerprint density at radius 3 is 1.82 bits per heavy atom. The minimum atomic E-state index is -0.852. The van der Waals surface area contributed by atoms with Gasteiger partial charge in [0.05, 0.1) is 6.61 Å². The van der Waals surface area contributed by atoms with E-state index in [1.807, 2.05) is 58.8 Å². The zero-order valence-electron chi connectivity index (χ0n) is 33.5. The van der Waals surface area contributed by atoms with Crippen molar-refractivity contribution in [2.75, 3.05) is 18.5 Å². The van der Waals surface area contributed by atoms with Crippen molar-refractivity contribution in [3.63, 3.8) is 0 Å². The molecule has 8 aromatic rings. The highest BCUT2D eigenvalue weighted by molar-refractivity contribution is 14.1. The van der Waals surface area contributed by atoms with E-state index in [1.54, 1.807) is 0 Å². The van der Waals surface area contributed by atoms with E-state index in [9.17, 15) is 4.79 Å². The van der Waals surface area contributed by atoms with Gasteiger partial charge in [-0.15, -0.1) is 5.10 Å². The molecular weight excluding hydrogens is 858 g/mol. The molecule has 0 fully saturated rings. The van der Waals surface area contributed by atoms with Crippen molar-refractivity contribution in [1.82, 2.24) is 30.0 Å². The summed E-state index contributed by atoms with van der Waals surface area (Å²) < 4.78 is 10.1. The van der Waals surface area contributed by atoms with Gasteiger partial charge in [-0.2, -0.15) is 5.10 Å². The topological polar surface area (TPSA) is 99.8 Å². The minimum absolute atomic E-state index is 0.310. The Hall–Kier alpha value is -6.40. The second-order valence-electron chi connectivity index (χ2n) is 14.5. The molecule has 60 heavy (non-hydrogen) atoms. The number of benzene rings is 6. The van der Waals surface area contributed by atoms with Crippen molar-refractivity contribution in [3.05, 3.63) is 207 Å². The maximum atomic E-state index is 13.0. The molecule has 0 radical (unpaired) electrons. The maximum Gasteiger partial charge on any atom is 0.344 e. The van der Waals surface area contributed by atoms with Gasteiger partial charge in [-0.3, -0.25) is 4.68 Å². The first-order chi connectivity index (χ1) is 29.6. The smallest absolute Gasteiger partial charge is 0.344 e. The van der Waals surface area contributed by atoms with Crippen LogP contribution in [0.5, 0.6) is 0 Å². The van der Waals surface area contributed by atoms with E-state index < -0.39 is 5.54 Å². The maximum absolute atomic E-state index is 13.0. The van der Waals surface area contributed by atoms with E-state index in [-0.39, 0.29) is 5.97 Å². The zero-order valence-corrected chi connectivity index (χ0v) is 35.7. The van der Waals surface area contributed by atoms with Gasteiger partial charge < -0.3 is 10.1 Å². The number of aryl methyl sites for hydroxylation is 3. The van der Waals surface area contributed by atoms with Crippen LogP contribution in [0.25, 0.3) is 22.5 Å². The number of nitrogens with one attached hydrogen (secondary N) is 1. The molecule has 0 unspecified atom stereocenters. The van der Waals surface area contributed by atoms with Gasteiger partial charge in [-0.25, -0.2) is 9.48 Å². The summed E-state index contributed by atoms with van der Waals surface area (Å²) >= 11 is 2.21. The Morgan fingerprint density at radius 2 is 1.22 bits per heavy atom. The van der Waals surface area contributed by atoms with E-state index in [1.165, 1.54) is 11.1 Å². The molecule has 8 rings (SSSR count). The molecule has 1 N–H and O–H groups in total. The molecule has 2 heterocycles. The summed E-state index contributed by atoms with van der Waals surface area (Å²) in [4.78, 5) is 13.0. The average Bonchev–Trinajstić information content (AvgIpc) is 3.92. The van der Waals surface area contributed by atoms with Crippen molar-refractivity contribution in [1.29, 1.82) is 0 Å². The van der Waals surface area contributed by atoms with Crippen LogP contribution >= 0.6 is 22.6 Å². The van der Waals surface area contributed by atoms with Crippen LogP contribution in [0.15, 0.2) is 170 Å². The fraction of sp³-hybridized carbons (Fsp3) is 0.180. The fourth-order valence-corrected chi connectivity index (χ4v) is 8.73. The van der Waals surface area contributed by atoms with Gasteiger partial charge in [-0.1, -0.05) is 170 Å². The Kier molecular flexibility index (Phi) is 12.9. The standard InChI is InChI=1S/C50H46IN7O2/c1-2-60-49(59)45-46(51)57(36-34-37-19-7-3-8-20-37)54-47(45)52-35-18-17-21-38-30-32-39(33-31-38)43-28-15-16-29-44(43)48-53-55-56-58(48)50(40-22-9-4-10-23-40,41-24-11-5-12-25-41)42-26-13-6-14-27-42/h3-16,19-20,22-33H,2,17-18,21,34-36H2,1H3,(H,52,54). The number of hydrogen-bond donors (Lipinski definition) is 1. The van der Waals surface area contributed by atoms with Crippen molar-refractivity contribution in [2.24, 2.45) is 0 Å². The largest absolute Gasteiger partial charge is 0.462 e. The Labute approximate surface area is 364 Å². The number of carbonyl (C=O) groups is 1. The first kappa shape index (κ1) is 40.4. The van der Waals surface area contributed by atoms with E-state index >= 15 is 0 Å². The van der Waals surface area contributed by atoms with E-state index in [2.05, 4.69) is 161 Å². The summed E-state index contributed by atoms with van der Waals surface area (Å²) in [6, 6.07) is 58.8. The number of ether oxygens (including phenoxy) is 1. The summed E-state index contributed by atoms with van der Waals surface area (Å²) in [5, 5.41) is 22.1. The Morgan fingerprint density at radius 1 is 0.667 bits per heavy atom. The van der Waals surface area contributed by atoms with Crippen LogP contribution in [-0.2, 0) is 29.7 Å². The lowest BCUT2D eigenvalue weighted by molar-refractivity contribution is 0.0526. The van der Waals surface area contributed by atoms with E-state index in [0.717, 1.165) is 62.8 Å². The third kappa shape index (κ3) is 8.51. The number of tetrazole rings is 1. The lowest BCUT2D eigenvalue weighted by atomic mass is 9.77. The molecule has 0 spiro atoms. The molecular formula is C50H46IN7O2. The highest BCUT2D eigenvalue weighted by atomic mass is 127. The number of hydrogen-bond acceptors (Lipinski definition) is 7. The highest BCUT2D eigenvalue weighted by Crippen LogP contribution is 2.43. The first-order valence-electron chi connectivity index (χ1n) is 20.4. The van der Waals surface area contributed by atoms with Gasteiger partial charge in [0.2, 0.25) is 0 Å². The minimum Gasteiger partial charge on any atom is -0.462 e. The number of anilines is 1. The highest BCUT2D eigenvalue weighted by Gasteiger charge is 2.42. The molecule has 10 heteroatoms. The van der Waals surface area contributed by atoms with Gasteiger partial charge >= 0.3 is 5.97 Å². The third-order valence-electron chi connectivity index (χ3n) is 10.8. The van der Waals surface area contributed by atoms with Crippen molar-refractivity contribution < 1.29 is 9.53 Å². The number of halogens is 1. The molecule has 0 amide bonds. The number of carbonyl (C=O) groups excluding carboxylic acids is 1. The summed E-state index contributed by atoms with van der Waals surface area (Å²) in [7, 11) is 0. The number of aromatic nitrogens is 6. The Balaban J connectivity index is 0.995. The van der Waals surface area contributed by atoms with Gasteiger partial charge in [0.1, 0.15) is 14.8 Å². The molecule has 0 aliphatic heterocycles. The van der Waals surface area contributed by atoms with E-state index in [0.29, 0.717) is 36.9 Å². The summed E-state index contributed by atoms with van der Waals surface area (Å²) in [6.45, 7) is 3.49. The molecule has 0 saturated carbocycles. The monoisotopic (exact) mass is 903 g/mol. The normalized spacial score (nSPS) is 11.4. The predicted molar refractivity (Wildman–Crippen MR) is 246 cm³/mol. The summed E-state index contributed by atoms with van der Waals surface area (Å²) in [5.41, 5.74) is 8.35. The molecule has 6 aromatic carbocycles. The second-order valence-corrected chi connectivity index (χ2v) is 15.6. The van der Waals surface area contributed by atoms with Crippen molar-refractivity contribution in [2.45, 2.75) is 44.7 Å². The summed E-state index contributed by atoms with van der Waals surface area (Å²) in [6.07, 6.45) is 3.62. The van der Waals surface area contributed by atoms with Crippen LogP contribution in [-0.4, -0.2) is 49.1 Å². The lowest BCUT2D eigenvalue weighted by Gasteiger charge is -2.36. The molecule has 0 saturated heterocycles. The SMILES string of the molecule is CCOC(=O)c1c(NCCCCc2ccc(-c3ccccc3-c3nnnn3C(c3ccccc3)(c3ccccc3)c3ccccc3)cc2)nn(CCc2ccccc2)c1I. The Bertz CT molecular complexity index is 2520. The molecule has 0 atom stereocenters. The molecule has 9 nitrogen and oxygen atoms in total. The predicted octanol–water partition coefficient (Wildman–Crippen LogP) is 10.5. The molecule has 300 valence electrons. The number of unbranched alkanes of at least 4 members (excludes halogenated alkanes) is 1.